The summed E-state index contributed by atoms with van der Waals surface area (Å²) in [6, 6.07) is 0. The van der Waals surface area contributed by atoms with Crippen molar-refractivity contribution in [2.45, 2.75) is 19.3 Å². The van der Waals surface area contributed by atoms with Crippen LogP contribution < -0.4 is 0 Å². The molecular formula is C13H19NO5. The third-order valence-electron chi connectivity index (χ3n) is 3.03. The van der Waals surface area contributed by atoms with Crippen molar-refractivity contribution in [1.82, 2.24) is 4.90 Å². The van der Waals surface area contributed by atoms with Gasteiger partial charge in [0.2, 0.25) is 5.91 Å². The Morgan fingerprint density at radius 3 is 2.11 bits per heavy atom. The summed E-state index contributed by atoms with van der Waals surface area (Å²) in [6.07, 6.45) is 6.17. The summed E-state index contributed by atoms with van der Waals surface area (Å²) in [4.78, 5) is 36.1. The Kier molecular flexibility index (Phi) is 6.05. The Bertz CT molecular complexity index is 359. The molecule has 1 atom stereocenters. The van der Waals surface area contributed by atoms with E-state index >= 15 is 0 Å². The Morgan fingerprint density at radius 2 is 1.68 bits per heavy atom. The first-order valence-electron chi connectivity index (χ1n) is 6.16. The largest absolute Gasteiger partial charge is 0.468 e. The third-order valence-corrected chi connectivity index (χ3v) is 3.03. The molecule has 0 aromatic rings. The van der Waals surface area contributed by atoms with Gasteiger partial charge in [-0.15, -0.1) is 0 Å². The van der Waals surface area contributed by atoms with Gasteiger partial charge in [0.25, 0.3) is 0 Å². The average Bonchev–Trinajstić information content (AvgIpc) is 2.46. The number of allylic oxidation sites excluding steroid dienone is 2. The van der Waals surface area contributed by atoms with Crippen LogP contribution in [0.5, 0.6) is 0 Å². The molecule has 1 aliphatic carbocycles. The SMILES string of the molecule is COC(=O)CN(CC(=O)OC)C(=O)C1CC=CCC1. The van der Waals surface area contributed by atoms with E-state index in [9.17, 15) is 14.4 Å². The number of hydrogen-bond donors (Lipinski definition) is 0. The van der Waals surface area contributed by atoms with Crippen molar-refractivity contribution in [2.24, 2.45) is 5.92 Å². The summed E-state index contributed by atoms with van der Waals surface area (Å²) in [5.41, 5.74) is 0. The van der Waals surface area contributed by atoms with Crippen LogP contribution in [-0.2, 0) is 23.9 Å². The number of esters is 2. The molecule has 1 unspecified atom stereocenters. The zero-order chi connectivity index (χ0) is 14.3. The Labute approximate surface area is 112 Å². The van der Waals surface area contributed by atoms with Gasteiger partial charge in [0.1, 0.15) is 13.1 Å². The van der Waals surface area contributed by atoms with Crippen LogP contribution >= 0.6 is 0 Å². The summed E-state index contributed by atoms with van der Waals surface area (Å²) in [5, 5.41) is 0. The molecule has 0 saturated heterocycles. The molecule has 0 saturated carbocycles. The zero-order valence-corrected chi connectivity index (χ0v) is 11.3. The second-order valence-electron chi connectivity index (χ2n) is 4.33. The Morgan fingerprint density at radius 1 is 1.11 bits per heavy atom. The van der Waals surface area contributed by atoms with E-state index in [1.807, 2.05) is 12.2 Å². The van der Waals surface area contributed by atoms with E-state index < -0.39 is 11.9 Å². The lowest BCUT2D eigenvalue weighted by molar-refractivity contribution is -0.153. The predicted molar refractivity (Wildman–Crippen MR) is 67.1 cm³/mol. The highest BCUT2D eigenvalue weighted by Gasteiger charge is 2.27. The van der Waals surface area contributed by atoms with Crippen LogP contribution in [0, 0.1) is 5.92 Å². The number of carbonyl (C=O) groups is 3. The fourth-order valence-electron chi connectivity index (χ4n) is 1.93. The van der Waals surface area contributed by atoms with E-state index in [0.717, 1.165) is 12.8 Å². The molecule has 0 fully saturated rings. The molecular weight excluding hydrogens is 250 g/mol. The summed E-state index contributed by atoms with van der Waals surface area (Å²) in [7, 11) is 2.49. The lowest BCUT2D eigenvalue weighted by Crippen LogP contribution is -2.43. The minimum Gasteiger partial charge on any atom is -0.468 e. The lowest BCUT2D eigenvalue weighted by atomic mass is 9.93. The second-order valence-corrected chi connectivity index (χ2v) is 4.33. The first-order valence-corrected chi connectivity index (χ1v) is 6.16. The standard InChI is InChI=1S/C13H19NO5/c1-18-11(15)8-14(9-12(16)19-2)13(17)10-6-4-3-5-7-10/h3-4,10H,5-9H2,1-2H3. The fourth-order valence-corrected chi connectivity index (χ4v) is 1.93. The summed E-state index contributed by atoms with van der Waals surface area (Å²) in [5.74, 6) is -1.49. The van der Waals surface area contributed by atoms with Crippen molar-refractivity contribution in [3.63, 3.8) is 0 Å². The van der Waals surface area contributed by atoms with E-state index in [1.165, 1.54) is 19.1 Å². The first-order chi connectivity index (χ1) is 9.08. The van der Waals surface area contributed by atoms with Crippen LogP contribution in [0.2, 0.25) is 0 Å². The topological polar surface area (TPSA) is 72.9 Å². The minimum absolute atomic E-state index is 0.181. The maximum atomic E-state index is 12.3. The summed E-state index contributed by atoms with van der Waals surface area (Å²) in [6.45, 7) is -0.463. The molecule has 106 valence electrons. The van der Waals surface area contributed by atoms with Crippen LogP contribution in [0.4, 0.5) is 0 Å². The van der Waals surface area contributed by atoms with Gasteiger partial charge in [0.05, 0.1) is 14.2 Å². The molecule has 0 heterocycles. The number of rotatable bonds is 5. The number of methoxy groups -OCH3 is 2. The first kappa shape index (κ1) is 15.2. The van der Waals surface area contributed by atoms with Crippen LogP contribution in [0.25, 0.3) is 0 Å². The van der Waals surface area contributed by atoms with Crippen molar-refractivity contribution in [3.8, 4) is 0 Å². The molecule has 0 aliphatic heterocycles. The van der Waals surface area contributed by atoms with Crippen molar-refractivity contribution in [1.29, 1.82) is 0 Å². The molecule has 0 aromatic carbocycles. The van der Waals surface area contributed by atoms with Gasteiger partial charge in [-0.3, -0.25) is 14.4 Å². The lowest BCUT2D eigenvalue weighted by Gasteiger charge is -2.26. The van der Waals surface area contributed by atoms with Crippen molar-refractivity contribution >= 4 is 17.8 Å². The molecule has 1 rings (SSSR count). The van der Waals surface area contributed by atoms with Gasteiger partial charge < -0.3 is 14.4 Å². The molecule has 0 aromatic heterocycles. The molecule has 0 bridgehead atoms. The molecule has 1 amide bonds. The van der Waals surface area contributed by atoms with Crippen LogP contribution in [-0.4, -0.2) is 50.1 Å². The number of carbonyl (C=O) groups excluding carboxylic acids is 3. The third kappa shape index (κ3) is 4.73. The maximum absolute atomic E-state index is 12.3. The van der Waals surface area contributed by atoms with E-state index in [0.29, 0.717) is 6.42 Å². The highest BCUT2D eigenvalue weighted by Crippen LogP contribution is 2.20. The van der Waals surface area contributed by atoms with Crippen LogP contribution in [0.15, 0.2) is 12.2 Å². The minimum atomic E-state index is -0.552. The monoisotopic (exact) mass is 269 g/mol. The molecule has 0 N–H and O–H groups in total. The molecule has 6 nitrogen and oxygen atoms in total. The van der Waals surface area contributed by atoms with Gasteiger partial charge in [-0.25, -0.2) is 0 Å². The Hall–Kier alpha value is -1.85. The van der Waals surface area contributed by atoms with E-state index in [4.69, 9.17) is 0 Å². The smallest absolute Gasteiger partial charge is 0.325 e. The number of hydrogen-bond acceptors (Lipinski definition) is 5. The van der Waals surface area contributed by atoms with Crippen molar-refractivity contribution in [2.75, 3.05) is 27.3 Å². The van der Waals surface area contributed by atoms with Crippen LogP contribution in [0.1, 0.15) is 19.3 Å². The summed E-state index contributed by atoms with van der Waals surface area (Å²) >= 11 is 0. The van der Waals surface area contributed by atoms with Gasteiger partial charge in [-0.2, -0.15) is 0 Å². The maximum Gasteiger partial charge on any atom is 0.325 e. The molecule has 0 radical (unpaired) electrons. The second kappa shape index (κ2) is 7.56. The summed E-state index contributed by atoms with van der Waals surface area (Å²) < 4.78 is 9.07. The molecule has 19 heavy (non-hydrogen) atoms. The van der Waals surface area contributed by atoms with Gasteiger partial charge >= 0.3 is 11.9 Å². The number of ether oxygens (including phenoxy) is 2. The van der Waals surface area contributed by atoms with Gasteiger partial charge in [0.15, 0.2) is 0 Å². The van der Waals surface area contributed by atoms with Crippen molar-refractivity contribution < 1.29 is 23.9 Å². The number of amides is 1. The van der Waals surface area contributed by atoms with E-state index in [-0.39, 0.29) is 24.9 Å². The number of nitrogens with zero attached hydrogens (tertiary/aromatic N) is 1. The zero-order valence-electron chi connectivity index (χ0n) is 11.3. The van der Waals surface area contributed by atoms with E-state index in [2.05, 4.69) is 9.47 Å². The van der Waals surface area contributed by atoms with Gasteiger partial charge in [0, 0.05) is 5.92 Å². The predicted octanol–water partition coefficient (Wildman–Crippen LogP) is 0.517. The highest BCUT2D eigenvalue weighted by molar-refractivity contribution is 5.87. The quantitative estimate of drug-likeness (QED) is 0.537. The van der Waals surface area contributed by atoms with Gasteiger partial charge in [-0.1, -0.05) is 12.2 Å². The fraction of sp³-hybridized carbons (Fsp3) is 0.615. The molecule has 0 spiro atoms. The highest BCUT2D eigenvalue weighted by atomic mass is 16.5. The van der Waals surface area contributed by atoms with E-state index in [1.54, 1.807) is 0 Å². The molecule has 6 heteroatoms. The normalized spacial score (nSPS) is 17.7. The van der Waals surface area contributed by atoms with Crippen LogP contribution in [0.3, 0.4) is 0 Å². The molecule has 1 aliphatic rings. The Balaban J connectivity index is 2.70. The average molecular weight is 269 g/mol. The van der Waals surface area contributed by atoms with Gasteiger partial charge in [-0.05, 0) is 19.3 Å². The van der Waals surface area contributed by atoms with Crippen molar-refractivity contribution in [3.05, 3.63) is 12.2 Å².